The summed E-state index contributed by atoms with van der Waals surface area (Å²) < 4.78 is 0. The molecule has 2 aliphatic rings. The lowest BCUT2D eigenvalue weighted by molar-refractivity contribution is -0.130. The number of thioether (sulfide) groups is 1. The van der Waals surface area contributed by atoms with Gasteiger partial charge in [0.05, 0.1) is 15.8 Å². The van der Waals surface area contributed by atoms with E-state index in [1.165, 1.54) is 22.7 Å². The molecule has 4 rings (SSSR count). The zero-order valence-electron chi connectivity index (χ0n) is 15.8. The molecular weight excluding hydrogens is 408 g/mol. The number of carbonyl (C=O) groups is 3. The Bertz CT molecular complexity index is 1040. The number of rotatable bonds is 4. The van der Waals surface area contributed by atoms with Gasteiger partial charge in [0, 0.05) is 23.4 Å². The summed E-state index contributed by atoms with van der Waals surface area (Å²) in [5, 5.41) is 0.835. The van der Waals surface area contributed by atoms with Crippen molar-refractivity contribution in [1.82, 2.24) is 4.90 Å². The lowest BCUT2D eigenvalue weighted by Crippen LogP contribution is -2.43. The number of allylic oxidation sites excluding steroid dienone is 1. The average Bonchev–Trinajstić information content (AvgIpc) is 3.21. The fraction of sp³-hybridized carbons (Fsp3) is 0.227. The number of carbonyl (C=O) groups excluding carboxylic acids is 3. The predicted octanol–water partition coefficient (Wildman–Crippen LogP) is 3.92. The van der Waals surface area contributed by atoms with E-state index in [-0.39, 0.29) is 35.9 Å². The first-order chi connectivity index (χ1) is 14.0. The van der Waals surface area contributed by atoms with Gasteiger partial charge < -0.3 is 4.90 Å². The van der Waals surface area contributed by atoms with E-state index >= 15 is 0 Å². The lowest BCUT2D eigenvalue weighted by Gasteiger charge is -2.26. The average molecular weight is 427 g/mol. The van der Waals surface area contributed by atoms with Gasteiger partial charge in [0.2, 0.25) is 11.8 Å². The molecule has 5 nitrogen and oxygen atoms in total. The summed E-state index contributed by atoms with van der Waals surface area (Å²) in [6, 6.07) is 14.6. The summed E-state index contributed by atoms with van der Waals surface area (Å²) in [7, 11) is 0. The second kappa shape index (κ2) is 8.05. The second-order valence-corrected chi connectivity index (χ2v) is 8.44. The first-order valence-electron chi connectivity index (χ1n) is 9.29. The van der Waals surface area contributed by atoms with Crippen molar-refractivity contribution in [3.05, 3.63) is 75.8 Å². The van der Waals surface area contributed by atoms with Crippen LogP contribution in [-0.4, -0.2) is 40.8 Å². The predicted molar refractivity (Wildman–Crippen MR) is 115 cm³/mol. The van der Waals surface area contributed by atoms with Gasteiger partial charge in [-0.15, -0.1) is 0 Å². The van der Waals surface area contributed by atoms with Gasteiger partial charge in [-0.3, -0.25) is 19.3 Å². The van der Waals surface area contributed by atoms with Crippen molar-refractivity contribution in [3.8, 4) is 0 Å². The third-order valence-electron chi connectivity index (χ3n) is 5.07. The molecule has 29 heavy (non-hydrogen) atoms. The summed E-state index contributed by atoms with van der Waals surface area (Å²) in [6.07, 6.45) is 2.18. The van der Waals surface area contributed by atoms with Crippen LogP contribution in [0.25, 0.3) is 0 Å². The van der Waals surface area contributed by atoms with E-state index in [0.29, 0.717) is 15.6 Å². The van der Waals surface area contributed by atoms with E-state index in [9.17, 15) is 14.4 Å². The molecule has 1 saturated heterocycles. The van der Waals surface area contributed by atoms with Crippen molar-refractivity contribution < 1.29 is 14.4 Å². The third-order valence-corrected chi connectivity index (χ3v) is 6.43. The van der Waals surface area contributed by atoms with Gasteiger partial charge in [0.15, 0.2) is 5.78 Å². The van der Waals surface area contributed by atoms with Gasteiger partial charge in [-0.25, -0.2) is 0 Å². The van der Waals surface area contributed by atoms with Crippen molar-refractivity contribution in [3.63, 3.8) is 0 Å². The number of ketones is 1. The van der Waals surface area contributed by atoms with Crippen molar-refractivity contribution >= 4 is 46.6 Å². The largest absolute Gasteiger partial charge is 0.307 e. The zero-order valence-corrected chi connectivity index (χ0v) is 17.4. The van der Waals surface area contributed by atoms with Gasteiger partial charge in [-0.2, -0.15) is 0 Å². The van der Waals surface area contributed by atoms with Crippen LogP contribution in [0.3, 0.4) is 0 Å². The maximum absolute atomic E-state index is 13.1. The second-order valence-electron chi connectivity index (χ2n) is 7.04. The molecule has 0 bridgehead atoms. The number of para-hydroxylation sites is 1. The summed E-state index contributed by atoms with van der Waals surface area (Å²) in [6.45, 7) is 1.91. The summed E-state index contributed by atoms with van der Waals surface area (Å²) in [5.74, 6) is -0.414. The van der Waals surface area contributed by atoms with E-state index in [0.717, 1.165) is 17.7 Å². The van der Waals surface area contributed by atoms with Crippen molar-refractivity contribution in [2.24, 2.45) is 0 Å². The van der Waals surface area contributed by atoms with Crippen molar-refractivity contribution in [2.45, 2.75) is 19.4 Å². The highest BCUT2D eigenvalue weighted by Crippen LogP contribution is 2.34. The Morgan fingerprint density at radius 1 is 1.17 bits per heavy atom. The standard InChI is InChI=1S/C22H19ClN2O3S/c1-14-10-15-6-2-5-9-18(15)25(14)20(27)12-24-21(28)13-29-22(24)11-19(26)16-7-3-4-8-17(16)23/h2-9,11,14H,10,12-13H2,1H3/b22-11-. The number of benzene rings is 2. The first-order valence-corrected chi connectivity index (χ1v) is 10.7. The number of fused-ring (bicyclic) bond motifs is 1. The Kier molecular flexibility index (Phi) is 5.48. The lowest BCUT2D eigenvalue weighted by atomic mass is 10.1. The maximum atomic E-state index is 13.1. The molecule has 1 fully saturated rings. The van der Waals surface area contributed by atoms with Crippen LogP contribution in [0.15, 0.2) is 59.6 Å². The van der Waals surface area contributed by atoms with E-state index in [1.54, 1.807) is 29.2 Å². The number of amides is 2. The van der Waals surface area contributed by atoms with Crippen molar-refractivity contribution in [2.75, 3.05) is 17.2 Å². The molecule has 0 N–H and O–H groups in total. The molecule has 2 aromatic carbocycles. The highest BCUT2D eigenvalue weighted by atomic mass is 35.5. The van der Waals surface area contributed by atoms with E-state index in [1.807, 2.05) is 31.2 Å². The highest BCUT2D eigenvalue weighted by Gasteiger charge is 2.35. The molecule has 2 heterocycles. The van der Waals surface area contributed by atoms with Crippen LogP contribution in [0.5, 0.6) is 0 Å². The highest BCUT2D eigenvalue weighted by molar-refractivity contribution is 8.04. The molecule has 0 spiro atoms. The minimum Gasteiger partial charge on any atom is -0.307 e. The van der Waals surface area contributed by atoms with Gasteiger partial charge in [0.25, 0.3) is 0 Å². The molecule has 0 aromatic heterocycles. The van der Waals surface area contributed by atoms with Crippen LogP contribution in [0.2, 0.25) is 5.02 Å². The van der Waals surface area contributed by atoms with Gasteiger partial charge in [-0.05, 0) is 37.1 Å². The van der Waals surface area contributed by atoms with Crippen LogP contribution in [0.4, 0.5) is 5.69 Å². The SMILES string of the molecule is CC1Cc2ccccc2N1C(=O)CN1C(=O)CS/C1=C\C(=O)c1ccccc1Cl. The Hall–Kier alpha value is -2.57. The Morgan fingerprint density at radius 3 is 2.69 bits per heavy atom. The number of nitrogens with zero attached hydrogens (tertiary/aromatic N) is 2. The van der Waals surface area contributed by atoms with Crippen LogP contribution in [0, 0.1) is 0 Å². The molecule has 2 amide bonds. The Balaban J connectivity index is 1.56. The molecule has 7 heteroatoms. The van der Waals surface area contributed by atoms with E-state index < -0.39 is 0 Å². The van der Waals surface area contributed by atoms with Crippen LogP contribution in [0.1, 0.15) is 22.8 Å². The summed E-state index contributed by atoms with van der Waals surface area (Å²) in [5.41, 5.74) is 2.39. The van der Waals surface area contributed by atoms with Crippen LogP contribution in [-0.2, 0) is 16.0 Å². The topological polar surface area (TPSA) is 57.7 Å². The minimum atomic E-state index is -0.287. The molecule has 0 radical (unpaired) electrons. The molecule has 1 atom stereocenters. The van der Waals surface area contributed by atoms with Gasteiger partial charge >= 0.3 is 0 Å². The Morgan fingerprint density at radius 2 is 1.90 bits per heavy atom. The van der Waals surface area contributed by atoms with E-state index in [2.05, 4.69) is 0 Å². The van der Waals surface area contributed by atoms with Gasteiger partial charge in [-0.1, -0.05) is 53.7 Å². The molecule has 148 valence electrons. The van der Waals surface area contributed by atoms with Gasteiger partial charge in [0.1, 0.15) is 6.54 Å². The zero-order chi connectivity index (χ0) is 20.5. The normalized spacial score (nSPS) is 19.7. The van der Waals surface area contributed by atoms with E-state index in [4.69, 9.17) is 11.6 Å². The Labute approximate surface area is 178 Å². The molecule has 0 aliphatic carbocycles. The fourth-order valence-electron chi connectivity index (χ4n) is 3.71. The fourth-order valence-corrected chi connectivity index (χ4v) is 4.88. The quantitative estimate of drug-likeness (QED) is 0.549. The number of halogens is 1. The molecule has 2 aromatic rings. The number of anilines is 1. The van der Waals surface area contributed by atoms with Crippen LogP contribution >= 0.6 is 23.4 Å². The smallest absolute Gasteiger partial charge is 0.247 e. The monoisotopic (exact) mass is 426 g/mol. The first kappa shape index (κ1) is 19.7. The molecule has 2 aliphatic heterocycles. The number of hydrogen-bond donors (Lipinski definition) is 0. The number of hydrogen-bond acceptors (Lipinski definition) is 4. The van der Waals surface area contributed by atoms with Crippen LogP contribution < -0.4 is 4.90 Å². The molecular formula is C22H19ClN2O3S. The minimum absolute atomic E-state index is 0.0300. The van der Waals surface area contributed by atoms with Crippen molar-refractivity contribution in [1.29, 1.82) is 0 Å². The summed E-state index contributed by atoms with van der Waals surface area (Å²) in [4.78, 5) is 41.2. The molecule has 1 unspecified atom stereocenters. The summed E-state index contributed by atoms with van der Waals surface area (Å²) >= 11 is 7.37. The molecule has 0 saturated carbocycles. The maximum Gasteiger partial charge on any atom is 0.247 e. The third kappa shape index (κ3) is 3.82.